The molecule has 3 aliphatic rings. The predicted molar refractivity (Wildman–Crippen MR) is 112 cm³/mol. The molecule has 1 fully saturated rings. The third-order valence-corrected chi connectivity index (χ3v) is 6.69. The SMILES string of the molecule is CC(C)c1ccc([C@H]2C3=C(N=C4SCC(=O)N42)c2ccccc2CC3)cc1. The first kappa shape index (κ1) is 16.8. The minimum Gasteiger partial charge on any atom is -0.279 e. The van der Waals surface area contributed by atoms with Crippen molar-refractivity contribution in [3.63, 3.8) is 0 Å². The van der Waals surface area contributed by atoms with Gasteiger partial charge in [-0.2, -0.15) is 0 Å². The average Bonchev–Trinajstić information content (AvgIpc) is 3.07. The van der Waals surface area contributed by atoms with Crippen LogP contribution in [0.5, 0.6) is 0 Å². The highest BCUT2D eigenvalue weighted by atomic mass is 32.2. The second-order valence-corrected chi connectivity index (χ2v) is 8.64. The van der Waals surface area contributed by atoms with Crippen LogP contribution in [0.25, 0.3) is 5.70 Å². The monoisotopic (exact) mass is 374 g/mol. The standard InChI is InChI=1S/C23H22N2OS/c1-14(2)15-7-9-17(10-8-15)22-19-12-11-16-5-3-4-6-18(16)21(19)24-23-25(22)20(26)13-27-23/h3-10,14,22H,11-13H2,1-2H3/t22-/m0/s1. The van der Waals surface area contributed by atoms with Gasteiger partial charge in [-0.3, -0.25) is 9.69 Å². The molecular weight excluding hydrogens is 352 g/mol. The van der Waals surface area contributed by atoms with Crippen molar-refractivity contribution in [3.8, 4) is 0 Å². The fourth-order valence-electron chi connectivity index (χ4n) is 4.31. The highest BCUT2D eigenvalue weighted by Crippen LogP contribution is 2.47. The molecule has 2 heterocycles. The molecule has 2 aromatic rings. The number of nitrogens with zero attached hydrogens (tertiary/aromatic N) is 2. The number of amides is 1. The summed E-state index contributed by atoms with van der Waals surface area (Å²) in [5.74, 6) is 1.16. The summed E-state index contributed by atoms with van der Waals surface area (Å²) in [5.41, 5.74) is 7.48. The summed E-state index contributed by atoms with van der Waals surface area (Å²) in [7, 11) is 0. The molecule has 4 heteroatoms. The molecule has 3 nitrogen and oxygen atoms in total. The average molecular weight is 375 g/mol. The van der Waals surface area contributed by atoms with Crippen molar-refractivity contribution in [2.75, 3.05) is 5.75 Å². The van der Waals surface area contributed by atoms with E-state index in [0.29, 0.717) is 11.7 Å². The lowest BCUT2D eigenvalue weighted by Gasteiger charge is -2.37. The van der Waals surface area contributed by atoms with E-state index in [0.717, 1.165) is 23.7 Å². The normalized spacial score (nSPS) is 21.1. The summed E-state index contributed by atoms with van der Waals surface area (Å²) in [4.78, 5) is 19.6. The van der Waals surface area contributed by atoms with Crippen LogP contribution in [0.2, 0.25) is 0 Å². The molecule has 5 rings (SSSR count). The minimum absolute atomic E-state index is 0.0235. The van der Waals surface area contributed by atoms with E-state index in [1.807, 2.05) is 4.90 Å². The van der Waals surface area contributed by atoms with Crippen LogP contribution in [-0.4, -0.2) is 21.7 Å². The Hall–Kier alpha value is -2.33. The summed E-state index contributed by atoms with van der Waals surface area (Å²) in [6, 6.07) is 17.3. The molecule has 0 saturated carbocycles. The Balaban J connectivity index is 1.67. The molecule has 136 valence electrons. The first-order chi connectivity index (χ1) is 13.1. The number of rotatable bonds is 2. The quantitative estimate of drug-likeness (QED) is 0.728. The van der Waals surface area contributed by atoms with E-state index < -0.39 is 0 Å². The highest BCUT2D eigenvalue weighted by Gasteiger charge is 2.42. The summed E-state index contributed by atoms with van der Waals surface area (Å²) < 4.78 is 0. The van der Waals surface area contributed by atoms with Gasteiger partial charge in [-0.15, -0.1) is 0 Å². The van der Waals surface area contributed by atoms with Crippen molar-refractivity contribution in [1.29, 1.82) is 0 Å². The number of aryl methyl sites for hydroxylation is 1. The molecule has 0 bridgehead atoms. The fraction of sp³-hybridized carbons (Fsp3) is 0.304. The molecule has 1 amide bonds. The third kappa shape index (κ3) is 2.66. The van der Waals surface area contributed by atoms with E-state index in [1.165, 1.54) is 27.8 Å². The van der Waals surface area contributed by atoms with Crippen LogP contribution in [0.3, 0.4) is 0 Å². The van der Waals surface area contributed by atoms with Gasteiger partial charge in [0.05, 0.1) is 17.5 Å². The Labute approximate surface area is 164 Å². The third-order valence-electron chi connectivity index (χ3n) is 5.75. The predicted octanol–water partition coefficient (Wildman–Crippen LogP) is 5.15. The lowest BCUT2D eigenvalue weighted by molar-refractivity contribution is -0.125. The maximum absolute atomic E-state index is 12.7. The Morgan fingerprint density at radius 3 is 2.63 bits per heavy atom. The van der Waals surface area contributed by atoms with E-state index in [-0.39, 0.29) is 11.9 Å². The number of amidine groups is 1. The number of aliphatic imine (C=N–C) groups is 1. The van der Waals surface area contributed by atoms with Crippen LogP contribution in [0.1, 0.15) is 54.5 Å². The molecule has 2 aliphatic heterocycles. The van der Waals surface area contributed by atoms with Gasteiger partial charge in [-0.05, 0) is 41.0 Å². The molecular formula is C23H22N2OS. The number of thioether (sulfide) groups is 1. The number of fused-ring (bicyclic) bond motifs is 3. The van der Waals surface area contributed by atoms with Crippen LogP contribution < -0.4 is 0 Å². The molecule has 0 radical (unpaired) electrons. The lowest BCUT2D eigenvalue weighted by atomic mass is 9.82. The fourth-order valence-corrected chi connectivity index (χ4v) is 5.20. The summed E-state index contributed by atoms with van der Waals surface area (Å²) in [6.45, 7) is 4.42. The largest absolute Gasteiger partial charge is 0.279 e. The number of benzene rings is 2. The van der Waals surface area contributed by atoms with Gasteiger partial charge in [0.1, 0.15) is 0 Å². The zero-order chi connectivity index (χ0) is 18.5. The van der Waals surface area contributed by atoms with Crippen molar-refractivity contribution in [1.82, 2.24) is 4.90 Å². The van der Waals surface area contributed by atoms with Gasteiger partial charge in [-0.1, -0.05) is 74.1 Å². The maximum atomic E-state index is 12.7. The molecule has 0 aromatic heterocycles. The molecule has 27 heavy (non-hydrogen) atoms. The van der Waals surface area contributed by atoms with E-state index in [9.17, 15) is 4.79 Å². The van der Waals surface area contributed by atoms with E-state index in [4.69, 9.17) is 4.99 Å². The van der Waals surface area contributed by atoms with Crippen molar-refractivity contribution in [3.05, 3.63) is 76.4 Å². The zero-order valence-electron chi connectivity index (χ0n) is 15.6. The second kappa shape index (κ2) is 6.38. The van der Waals surface area contributed by atoms with Gasteiger partial charge in [0, 0.05) is 5.56 Å². The van der Waals surface area contributed by atoms with Crippen molar-refractivity contribution >= 4 is 28.5 Å². The van der Waals surface area contributed by atoms with Crippen molar-refractivity contribution in [2.45, 2.75) is 38.6 Å². The Bertz CT molecular complexity index is 988. The maximum Gasteiger partial charge on any atom is 0.239 e. The van der Waals surface area contributed by atoms with Crippen LogP contribution in [0.15, 0.2) is 59.1 Å². The van der Waals surface area contributed by atoms with E-state index in [1.54, 1.807) is 11.8 Å². The molecule has 1 aliphatic carbocycles. The molecule has 0 spiro atoms. The first-order valence-electron chi connectivity index (χ1n) is 9.58. The molecule has 1 atom stereocenters. The van der Waals surface area contributed by atoms with Crippen molar-refractivity contribution in [2.24, 2.45) is 4.99 Å². The topological polar surface area (TPSA) is 32.7 Å². The van der Waals surface area contributed by atoms with E-state index >= 15 is 0 Å². The Morgan fingerprint density at radius 2 is 1.85 bits per heavy atom. The number of hydrogen-bond acceptors (Lipinski definition) is 3. The van der Waals surface area contributed by atoms with Crippen LogP contribution in [-0.2, 0) is 11.2 Å². The molecule has 0 N–H and O–H groups in total. The van der Waals surface area contributed by atoms with Crippen LogP contribution in [0.4, 0.5) is 0 Å². The number of hydrogen-bond donors (Lipinski definition) is 0. The smallest absolute Gasteiger partial charge is 0.239 e. The molecule has 1 saturated heterocycles. The van der Waals surface area contributed by atoms with Gasteiger partial charge in [0.15, 0.2) is 5.17 Å². The number of carbonyl (C=O) groups excluding carboxylic acids is 1. The zero-order valence-corrected chi connectivity index (χ0v) is 16.4. The first-order valence-corrected chi connectivity index (χ1v) is 10.6. The molecule has 0 unspecified atom stereocenters. The summed E-state index contributed by atoms with van der Waals surface area (Å²) in [5, 5.41) is 0.855. The number of carbonyl (C=O) groups is 1. The van der Waals surface area contributed by atoms with Gasteiger partial charge >= 0.3 is 0 Å². The van der Waals surface area contributed by atoms with Gasteiger partial charge in [0.25, 0.3) is 0 Å². The second-order valence-electron chi connectivity index (χ2n) is 7.70. The van der Waals surface area contributed by atoms with Gasteiger partial charge in [0.2, 0.25) is 5.91 Å². The summed E-state index contributed by atoms with van der Waals surface area (Å²) in [6.07, 6.45) is 1.96. The van der Waals surface area contributed by atoms with Crippen molar-refractivity contribution < 1.29 is 4.79 Å². The Morgan fingerprint density at radius 1 is 1.07 bits per heavy atom. The van der Waals surface area contributed by atoms with Crippen LogP contribution in [0, 0.1) is 0 Å². The van der Waals surface area contributed by atoms with E-state index in [2.05, 4.69) is 62.4 Å². The highest BCUT2D eigenvalue weighted by molar-refractivity contribution is 8.15. The van der Waals surface area contributed by atoms with Gasteiger partial charge in [-0.25, -0.2) is 4.99 Å². The molecule has 2 aromatic carbocycles. The Kier molecular flexibility index (Phi) is 3.97. The van der Waals surface area contributed by atoms with Crippen LogP contribution >= 0.6 is 11.8 Å². The van der Waals surface area contributed by atoms with Gasteiger partial charge < -0.3 is 0 Å². The minimum atomic E-state index is -0.0235. The lowest BCUT2D eigenvalue weighted by Crippen LogP contribution is -2.38. The summed E-state index contributed by atoms with van der Waals surface area (Å²) >= 11 is 1.56.